The summed E-state index contributed by atoms with van der Waals surface area (Å²) in [6.07, 6.45) is 0.767. The molecule has 0 spiro atoms. The molecule has 0 saturated heterocycles. The average molecular weight is 271 g/mol. The van der Waals surface area contributed by atoms with Gasteiger partial charge in [0.25, 0.3) is 0 Å². The molecular formula is C15H17N3O2. The van der Waals surface area contributed by atoms with Gasteiger partial charge < -0.3 is 15.7 Å². The minimum absolute atomic E-state index is 0.0127. The highest BCUT2D eigenvalue weighted by molar-refractivity contribution is 5.99. The van der Waals surface area contributed by atoms with Crippen LogP contribution in [0, 0.1) is 6.92 Å². The lowest BCUT2D eigenvalue weighted by atomic mass is 10.2. The van der Waals surface area contributed by atoms with Gasteiger partial charge in [0.2, 0.25) is 0 Å². The van der Waals surface area contributed by atoms with Gasteiger partial charge in [-0.05, 0) is 37.6 Å². The van der Waals surface area contributed by atoms with Crippen LogP contribution in [0.15, 0.2) is 41.6 Å². The smallest absolute Gasteiger partial charge is 0.173 e. The van der Waals surface area contributed by atoms with Gasteiger partial charge in [0.05, 0.1) is 11.3 Å². The highest BCUT2D eigenvalue weighted by Crippen LogP contribution is 2.27. The van der Waals surface area contributed by atoms with Gasteiger partial charge in [-0.25, -0.2) is 0 Å². The third-order valence-corrected chi connectivity index (χ3v) is 2.90. The summed E-state index contributed by atoms with van der Waals surface area (Å²) in [6, 6.07) is 10.9. The molecule has 1 heterocycles. The van der Waals surface area contributed by atoms with Crippen molar-refractivity contribution in [1.29, 1.82) is 0 Å². The van der Waals surface area contributed by atoms with E-state index in [0.717, 1.165) is 17.8 Å². The van der Waals surface area contributed by atoms with Crippen molar-refractivity contribution in [3.63, 3.8) is 0 Å². The maximum Gasteiger partial charge on any atom is 0.173 e. The van der Waals surface area contributed by atoms with Crippen molar-refractivity contribution < 1.29 is 9.94 Å². The Labute approximate surface area is 117 Å². The highest BCUT2D eigenvalue weighted by Gasteiger charge is 2.11. The fourth-order valence-corrected chi connectivity index (χ4v) is 1.88. The summed E-state index contributed by atoms with van der Waals surface area (Å²) in [4.78, 5) is 4.45. The number of nitrogens with zero attached hydrogens (tertiary/aromatic N) is 2. The van der Waals surface area contributed by atoms with Crippen LogP contribution in [-0.4, -0.2) is 16.0 Å². The molecule has 5 nitrogen and oxygen atoms in total. The molecule has 0 fully saturated rings. The van der Waals surface area contributed by atoms with Crippen molar-refractivity contribution in [1.82, 2.24) is 4.98 Å². The molecule has 5 heteroatoms. The number of amidine groups is 1. The fraction of sp³-hybridized carbons (Fsp3) is 0.200. The number of pyridine rings is 1. The van der Waals surface area contributed by atoms with E-state index >= 15 is 0 Å². The summed E-state index contributed by atoms with van der Waals surface area (Å²) in [5.74, 6) is 1.22. The van der Waals surface area contributed by atoms with E-state index in [1.54, 1.807) is 18.2 Å². The molecule has 3 N–H and O–H groups in total. The molecule has 0 amide bonds. The van der Waals surface area contributed by atoms with E-state index in [1.807, 2.05) is 32.0 Å². The maximum atomic E-state index is 8.81. The van der Waals surface area contributed by atoms with Crippen molar-refractivity contribution in [2.45, 2.75) is 20.3 Å². The van der Waals surface area contributed by atoms with E-state index in [9.17, 15) is 0 Å². The van der Waals surface area contributed by atoms with E-state index in [4.69, 9.17) is 15.7 Å². The standard InChI is InChI=1S/C15H17N3O2/c1-3-12-14(9-8-10(2)17-12)20-13-7-5-4-6-11(13)15(16)18-19/h4-9,19H,3H2,1-2H3,(H2,16,18). The second-order valence-corrected chi connectivity index (χ2v) is 4.33. The molecule has 1 aromatic heterocycles. The Morgan fingerprint density at radius 1 is 1.25 bits per heavy atom. The lowest BCUT2D eigenvalue weighted by Crippen LogP contribution is -2.14. The third kappa shape index (κ3) is 2.88. The van der Waals surface area contributed by atoms with Crippen LogP contribution >= 0.6 is 0 Å². The van der Waals surface area contributed by atoms with Crippen LogP contribution in [0.25, 0.3) is 0 Å². The summed E-state index contributed by atoms with van der Waals surface area (Å²) in [5, 5.41) is 11.8. The molecular weight excluding hydrogens is 254 g/mol. The summed E-state index contributed by atoms with van der Waals surface area (Å²) in [7, 11) is 0. The van der Waals surface area contributed by atoms with Crippen LogP contribution in [0.1, 0.15) is 23.9 Å². The number of benzene rings is 1. The van der Waals surface area contributed by atoms with Gasteiger partial charge in [-0.1, -0.05) is 24.2 Å². The van der Waals surface area contributed by atoms with Crippen LogP contribution < -0.4 is 10.5 Å². The predicted molar refractivity (Wildman–Crippen MR) is 77.4 cm³/mol. The number of aromatic nitrogens is 1. The first-order valence-electron chi connectivity index (χ1n) is 6.37. The number of ether oxygens (including phenoxy) is 1. The van der Waals surface area contributed by atoms with Crippen molar-refractivity contribution in [3.05, 3.63) is 53.3 Å². The highest BCUT2D eigenvalue weighted by atomic mass is 16.5. The summed E-state index contributed by atoms with van der Waals surface area (Å²) in [5.41, 5.74) is 8.01. The molecule has 104 valence electrons. The molecule has 0 aliphatic rings. The van der Waals surface area contributed by atoms with E-state index < -0.39 is 0 Å². The molecule has 0 aliphatic heterocycles. The number of para-hydroxylation sites is 1. The van der Waals surface area contributed by atoms with E-state index in [-0.39, 0.29) is 5.84 Å². The lowest BCUT2D eigenvalue weighted by Gasteiger charge is -2.12. The monoisotopic (exact) mass is 271 g/mol. The fourth-order valence-electron chi connectivity index (χ4n) is 1.88. The zero-order valence-corrected chi connectivity index (χ0v) is 11.5. The molecule has 0 aliphatic carbocycles. The number of rotatable bonds is 4. The van der Waals surface area contributed by atoms with E-state index in [2.05, 4.69) is 10.1 Å². The summed E-state index contributed by atoms with van der Waals surface area (Å²) < 4.78 is 5.88. The molecule has 0 atom stereocenters. The lowest BCUT2D eigenvalue weighted by molar-refractivity contribution is 0.318. The van der Waals surface area contributed by atoms with Crippen LogP contribution in [0.4, 0.5) is 0 Å². The van der Waals surface area contributed by atoms with Gasteiger partial charge in [-0.3, -0.25) is 4.98 Å². The topological polar surface area (TPSA) is 80.7 Å². The number of hydrogen-bond acceptors (Lipinski definition) is 4. The minimum Gasteiger partial charge on any atom is -0.455 e. The minimum atomic E-state index is 0.0127. The Morgan fingerprint density at radius 3 is 2.70 bits per heavy atom. The predicted octanol–water partition coefficient (Wildman–Crippen LogP) is 2.84. The third-order valence-electron chi connectivity index (χ3n) is 2.90. The van der Waals surface area contributed by atoms with E-state index in [0.29, 0.717) is 17.1 Å². The van der Waals surface area contributed by atoms with Crippen LogP contribution in [0.2, 0.25) is 0 Å². The Hall–Kier alpha value is -2.56. The Kier molecular flexibility index (Phi) is 4.20. The molecule has 0 unspecified atom stereocenters. The first-order valence-corrected chi connectivity index (χ1v) is 6.37. The van der Waals surface area contributed by atoms with Gasteiger partial charge in [0, 0.05) is 5.69 Å². The van der Waals surface area contributed by atoms with Crippen LogP contribution in [0.5, 0.6) is 11.5 Å². The zero-order chi connectivity index (χ0) is 14.5. The molecule has 1 aromatic carbocycles. The SMILES string of the molecule is CCc1nc(C)ccc1Oc1ccccc1/C(N)=N/O. The molecule has 0 radical (unpaired) electrons. The Bertz CT molecular complexity index is 639. The van der Waals surface area contributed by atoms with Crippen LogP contribution in [-0.2, 0) is 6.42 Å². The molecule has 2 aromatic rings. The molecule has 0 bridgehead atoms. The normalized spacial score (nSPS) is 11.4. The average Bonchev–Trinajstić information content (AvgIpc) is 2.48. The number of hydrogen-bond donors (Lipinski definition) is 2. The van der Waals surface area contributed by atoms with Crippen molar-refractivity contribution in [2.24, 2.45) is 10.9 Å². The molecule has 20 heavy (non-hydrogen) atoms. The quantitative estimate of drug-likeness (QED) is 0.388. The number of oxime groups is 1. The van der Waals surface area contributed by atoms with Gasteiger partial charge in [-0.2, -0.15) is 0 Å². The Morgan fingerprint density at radius 2 is 2.00 bits per heavy atom. The number of aryl methyl sites for hydroxylation is 2. The molecule has 0 saturated carbocycles. The van der Waals surface area contributed by atoms with Gasteiger partial charge in [-0.15, -0.1) is 0 Å². The first-order chi connectivity index (χ1) is 9.65. The Balaban J connectivity index is 2.40. The second kappa shape index (κ2) is 6.06. The number of nitrogens with two attached hydrogens (primary N) is 1. The summed E-state index contributed by atoms with van der Waals surface area (Å²) >= 11 is 0. The molecule has 2 rings (SSSR count). The van der Waals surface area contributed by atoms with E-state index in [1.165, 1.54) is 0 Å². The van der Waals surface area contributed by atoms with Crippen molar-refractivity contribution in [2.75, 3.05) is 0 Å². The van der Waals surface area contributed by atoms with Gasteiger partial charge >= 0.3 is 0 Å². The van der Waals surface area contributed by atoms with Crippen molar-refractivity contribution in [3.8, 4) is 11.5 Å². The maximum absolute atomic E-state index is 8.81. The van der Waals surface area contributed by atoms with Crippen molar-refractivity contribution >= 4 is 5.84 Å². The largest absolute Gasteiger partial charge is 0.455 e. The van der Waals surface area contributed by atoms with Crippen LogP contribution in [0.3, 0.4) is 0 Å². The van der Waals surface area contributed by atoms with Gasteiger partial charge in [0.15, 0.2) is 5.84 Å². The van der Waals surface area contributed by atoms with Gasteiger partial charge in [0.1, 0.15) is 11.5 Å². The zero-order valence-electron chi connectivity index (χ0n) is 11.5. The second-order valence-electron chi connectivity index (χ2n) is 4.33. The summed E-state index contributed by atoms with van der Waals surface area (Å²) in [6.45, 7) is 3.96. The first kappa shape index (κ1) is 13.9.